The highest BCUT2D eigenvalue weighted by molar-refractivity contribution is 4.79. The lowest BCUT2D eigenvalue weighted by Gasteiger charge is -2.29. The number of hydrogen-bond donors (Lipinski definition) is 1. The van der Waals surface area contributed by atoms with Gasteiger partial charge in [0.1, 0.15) is 0 Å². The van der Waals surface area contributed by atoms with E-state index in [1.165, 1.54) is 25.9 Å². The second-order valence-electron chi connectivity index (χ2n) is 6.95. The molecule has 0 saturated carbocycles. The summed E-state index contributed by atoms with van der Waals surface area (Å²) in [5.41, 5.74) is 6.37. The van der Waals surface area contributed by atoms with E-state index in [0.29, 0.717) is 5.92 Å². The lowest BCUT2D eigenvalue weighted by atomic mass is 9.98. The summed E-state index contributed by atoms with van der Waals surface area (Å²) in [4.78, 5) is 2.57. The zero-order chi connectivity index (χ0) is 14.3. The van der Waals surface area contributed by atoms with Crippen molar-refractivity contribution in [3.8, 4) is 0 Å². The quantitative estimate of drug-likeness (QED) is 0.700. The van der Waals surface area contributed by atoms with Crippen LogP contribution in [0, 0.1) is 17.8 Å². The van der Waals surface area contributed by atoms with Gasteiger partial charge < -0.3 is 15.4 Å². The van der Waals surface area contributed by atoms with E-state index < -0.39 is 0 Å². The second-order valence-corrected chi connectivity index (χ2v) is 6.95. The van der Waals surface area contributed by atoms with Gasteiger partial charge >= 0.3 is 0 Å². The third-order valence-corrected chi connectivity index (χ3v) is 4.08. The Labute approximate surface area is 119 Å². The van der Waals surface area contributed by atoms with Crippen LogP contribution < -0.4 is 5.73 Å². The van der Waals surface area contributed by atoms with Gasteiger partial charge in [-0.25, -0.2) is 0 Å². The van der Waals surface area contributed by atoms with E-state index in [4.69, 9.17) is 10.5 Å². The first-order valence-electron chi connectivity index (χ1n) is 8.04. The normalized spacial score (nSPS) is 21.8. The lowest BCUT2D eigenvalue weighted by molar-refractivity contribution is 0.166. The third kappa shape index (κ3) is 7.28. The first kappa shape index (κ1) is 16.9. The summed E-state index contributed by atoms with van der Waals surface area (Å²) in [5, 5.41) is 0. The van der Waals surface area contributed by atoms with Gasteiger partial charge in [-0.1, -0.05) is 27.7 Å². The minimum atomic E-state index is 0.279. The molecule has 0 aromatic heterocycles. The van der Waals surface area contributed by atoms with Gasteiger partial charge in [0.05, 0.1) is 6.61 Å². The summed E-state index contributed by atoms with van der Waals surface area (Å²) in [6.07, 6.45) is 3.68. The van der Waals surface area contributed by atoms with Gasteiger partial charge in [0.25, 0.3) is 0 Å². The molecule has 1 fully saturated rings. The summed E-state index contributed by atoms with van der Waals surface area (Å²) in [6, 6.07) is 0.279. The van der Waals surface area contributed by atoms with Crippen LogP contribution in [0.4, 0.5) is 0 Å². The molecule has 0 amide bonds. The first-order valence-corrected chi connectivity index (χ1v) is 8.04. The van der Waals surface area contributed by atoms with Gasteiger partial charge in [-0.05, 0) is 44.2 Å². The van der Waals surface area contributed by atoms with Crippen LogP contribution in [0.3, 0.4) is 0 Å². The van der Waals surface area contributed by atoms with Crippen molar-refractivity contribution in [2.45, 2.75) is 53.0 Å². The summed E-state index contributed by atoms with van der Waals surface area (Å²) in [7, 11) is 0. The van der Waals surface area contributed by atoms with E-state index in [2.05, 4.69) is 32.6 Å². The number of rotatable bonds is 9. The van der Waals surface area contributed by atoms with Crippen LogP contribution in [0.1, 0.15) is 47.0 Å². The van der Waals surface area contributed by atoms with E-state index >= 15 is 0 Å². The Hall–Kier alpha value is -0.120. The molecule has 0 spiro atoms. The number of hydrogen-bond acceptors (Lipinski definition) is 3. The second kappa shape index (κ2) is 8.93. The highest BCUT2D eigenvalue weighted by Crippen LogP contribution is 2.17. The maximum atomic E-state index is 6.37. The maximum absolute atomic E-state index is 6.37. The van der Waals surface area contributed by atoms with Gasteiger partial charge in [0.2, 0.25) is 0 Å². The minimum Gasteiger partial charge on any atom is -0.381 e. The Balaban J connectivity index is 2.37. The van der Waals surface area contributed by atoms with Crippen LogP contribution in [-0.2, 0) is 4.74 Å². The standard InChI is InChI=1S/C16H34N2O/c1-13(2)5-8-18(9-6-14(3)4)11-16(17)15-7-10-19-12-15/h13-16H,5-12,17H2,1-4H3. The summed E-state index contributed by atoms with van der Waals surface area (Å²) < 4.78 is 5.46. The molecule has 3 heteroatoms. The van der Waals surface area contributed by atoms with Crippen molar-refractivity contribution in [2.75, 3.05) is 32.8 Å². The fraction of sp³-hybridized carbons (Fsp3) is 1.00. The van der Waals surface area contributed by atoms with Gasteiger partial charge in [0.15, 0.2) is 0 Å². The molecule has 0 aliphatic carbocycles. The summed E-state index contributed by atoms with van der Waals surface area (Å²) >= 11 is 0. The van der Waals surface area contributed by atoms with Gasteiger partial charge in [-0.2, -0.15) is 0 Å². The number of nitrogens with two attached hydrogens (primary N) is 1. The molecular formula is C16H34N2O. The van der Waals surface area contributed by atoms with Crippen LogP contribution in [0.5, 0.6) is 0 Å². The first-order chi connectivity index (χ1) is 8.99. The average Bonchev–Trinajstić information content (AvgIpc) is 2.85. The molecule has 1 rings (SSSR count). The average molecular weight is 270 g/mol. The largest absolute Gasteiger partial charge is 0.381 e. The molecule has 19 heavy (non-hydrogen) atoms. The van der Waals surface area contributed by atoms with Gasteiger partial charge in [0, 0.05) is 25.1 Å². The number of nitrogens with zero attached hydrogens (tertiary/aromatic N) is 1. The van der Waals surface area contributed by atoms with Crippen molar-refractivity contribution in [2.24, 2.45) is 23.5 Å². The third-order valence-electron chi connectivity index (χ3n) is 4.08. The van der Waals surface area contributed by atoms with E-state index in [9.17, 15) is 0 Å². The van der Waals surface area contributed by atoms with Crippen molar-refractivity contribution in [1.29, 1.82) is 0 Å². The SMILES string of the molecule is CC(C)CCN(CCC(C)C)CC(N)C1CCOC1. The van der Waals surface area contributed by atoms with Crippen LogP contribution in [-0.4, -0.2) is 43.8 Å². The van der Waals surface area contributed by atoms with Crippen molar-refractivity contribution < 1.29 is 4.74 Å². The highest BCUT2D eigenvalue weighted by atomic mass is 16.5. The molecule has 2 atom stereocenters. The summed E-state index contributed by atoms with van der Waals surface area (Å²) in [5.74, 6) is 2.11. The lowest BCUT2D eigenvalue weighted by Crippen LogP contribution is -2.43. The smallest absolute Gasteiger partial charge is 0.0510 e. The maximum Gasteiger partial charge on any atom is 0.0510 e. The Bertz CT molecular complexity index is 213. The van der Waals surface area contributed by atoms with Crippen molar-refractivity contribution in [3.05, 3.63) is 0 Å². The fourth-order valence-electron chi connectivity index (χ4n) is 2.51. The van der Waals surface area contributed by atoms with Crippen molar-refractivity contribution in [1.82, 2.24) is 4.90 Å². The molecule has 2 N–H and O–H groups in total. The molecular weight excluding hydrogens is 236 g/mol. The van der Waals surface area contributed by atoms with Crippen LogP contribution in [0.25, 0.3) is 0 Å². The molecule has 1 saturated heterocycles. The van der Waals surface area contributed by atoms with Gasteiger partial charge in [-0.3, -0.25) is 0 Å². The minimum absolute atomic E-state index is 0.279. The molecule has 1 aliphatic rings. The monoisotopic (exact) mass is 270 g/mol. The zero-order valence-corrected chi connectivity index (χ0v) is 13.4. The fourth-order valence-corrected chi connectivity index (χ4v) is 2.51. The van der Waals surface area contributed by atoms with E-state index in [1.54, 1.807) is 0 Å². The molecule has 1 aliphatic heterocycles. The van der Waals surface area contributed by atoms with Crippen LogP contribution >= 0.6 is 0 Å². The molecule has 114 valence electrons. The van der Waals surface area contributed by atoms with E-state index in [0.717, 1.165) is 38.0 Å². The Kier molecular flexibility index (Phi) is 7.96. The predicted octanol–water partition coefficient (Wildman–Crippen LogP) is 2.74. The van der Waals surface area contributed by atoms with E-state index in [-0.39, 0.29) is 6.04 Å². The molecule has 0 radical (unpaired) electrons. The van der Waals surface area contributed by atoms with Crippen molar-refractivity contribution >= 4 is 0 Å². The Morgan fingerprint density at radius 2 is 1.68 bits per heavy atom. The number of ether oxygens (including phenoxy) is 1. The highest BCUT2D eigenvalue weighted by Gasteiger charge is 2.24. The predicted molar refractivity (Wildman–Crippen MR) is 82.3 cm³/mol. The molecule has 3 nitrogen and oxygen atoms in total. The topological polar surface area (TPSA) is 38.5 Å². The molecule has 1 heterocycles. The van der Waals surface area contributed by atoms with Crippen LogP contribution in [0.15, 0.2) is 0 Å². The zero-order valence-electron chi connectivity index (χ0n) is 13.4. The molecule has 2 unspecified atom stereocenters. The Morgan fingerprint density at radius 1 is 1.11 bits per heavy atom. The van der Waals surface area contributed by atoms with Crippen LogP contribution in [0.2, 0.25) is 0 Å². The molecule has 0 aromatic carbocycles. The van der Waals surface area contributed by atoms with Gasteiger partial charge in [-0.15, -0.1) is 0 Å². The Morgan fingerprint density at radius 3 is 2.11 bits per heavy atom. The van der Waals surface area contributed by atoms with Crippen molar-refractivity contribution in [3.63, 3.8) is 0 Å². The van der Waals surface area contributed by atoms with E-state index in [1.807, 2.05) is 0 Å². The summed E-state index contributed by atoms with van der Waals surface area (Å²) in [6.45, 7) is 14.4. The molecule has 0 bridgehead atoms. The molecule has 0 aromatic rings.